The normalized spacial score (nSPS) is 26.2. The van der Waals surface area contributed by atoms with Crippen LogP contribution in [0.1, 0.15) is 13.3 Å². The van der Waals surface area contributed by atoms with Crippen molar-refractivity contribution in [3.63, 3.8) is 0 Å². The fraction of sp³-hybridized carbons (Fsp3) is 0.800. The number of amides is 1. The molecule has 1 rings (SSSR count). The fourth-order valence-electron chi connectivity index (χ4n) is 0.917. The van der Waals surface area contributed by atoms with Crippen molar-refractivity contribution in [2.75, 3.05) is 6.54 Å². The third-order valence-corrected chi connectivity index (χ3v) is 1.35. The lowest BCUT2D eigenvalue weighted by molar-refractivity contribution is -0.127. The van der Waals surface area contributed by atoms with Crippen LogP contribution in [-0.4, -0.2) is 17.5 Å². The predicted octanol–water partition coefficient (Wildman–Crippen LogP) is 0.150. The predicted molar refractivity (Wildman–Crippen MR) is 36.9 cm³/mol. The number of hydrogen-bond donors (Lipinski definition) is 1. The van der Waals surface area contributed by atoms with Gasteiger partial charge in [0.1, 0.15) is 0 Å². The summed E-state index contributed by atoms with van der Waals surface area (Å²) in [5.74, 6) is 5.77. The van der Waals surface area contributed by atoms with Crippen molar-refractivity contribution in [2.45, 2.75) is 13.3 Å². The zero-order valence-corrected chi connectivity index (χ0v) is 6.15. The summed E-state index contributed by atoms with van der Waals surface area (Å²) < 4.78 is 0. The quantitative estimate of drug-likeness (QED) is 0.395. The molecule has 0 spiro atoms. The van der Waals surface area contributed by atoms with Gasteiger partial charge in [-0.05, 0) is 5.92 Å². The Kier molecular flexibility index (Phi) is 2.94. The Morgan fingerprint density at radius 3 is 2.44 bits per heavy atom. The molecule has 9 heavy (non-hydrogen) atoms. The van der Waals surface area contributed by atoms with Gasteiger partial charge in [-0.15, -0.1) is 12.4 Å². The van der Waals surface area contributed by atoms with Crippen molar-refractivity contribution >= 4 is 18.3 Å². The van der Waals surface area contributed by atoms with E-state index in [0.717, 1.165) is 6.54 Å². The van der Waals surface area contributed by atoms with Crippen LogP contribution in [0.2, 0.25) is 0 Å². The zero-order valence-electron chi connectivity index (χ0n) is 5.33. The van der Waals surface area contributed by atoms with E-state index >= 15 is 0 Å². The number of halogens is 1. The van der Waals surface area contributed by atoms with Crippen molar-refractivity contribution in [1.29, 1.82) is 0 Å². The average Bonchev–Trinajstić information content (AvgIpc) is 1.85. The molecule has 0 radical (unpaired) electrons. The molecule has 0 aromatic heterocycles. The molecule has 2 N–H and O–H groups in total. The van der Waals surface area contributed by atoms with Crippen molar-refractivity contribution in [3.8, 4) is 0 Å². The van der Waals surface area contributed by atoms with Gasteiger partial charge < -0.3 is 0 Å². The maximum absolute atomic E-state index is 10.6. The summed E-state index contributed by atoms with van der Waals surface area (Å²) in [6, 6.07) is 0. The highest BCUT2D eigenvalue weighted by Gasteiger charge is 2.23. The number of carbonyl (C=O) groups is 1. The first-order valence-electron chi connectivity index (χ1n) is 2.75. The van der Waals surface area contributed by atoms with E-state index in [1.54, 1.807) is 0 Å². The fourth-order valence-corrected chi connectivity index (χ4v) is 0.917. The van der Waals surface area contributed by atoms with Gasteiger partial charge in [-0.2, -0.15) is 0 Å². The minimum absolute atomic E-state index is 0. The first kappa shape index (κ1) is 8.72. The summed E-state index contributed by atoms with van der Waals surface area (Å²) in [6.45, 7) is 2.74. The van der Waals surface area contributed by atoms with Gasteiger partial charge in [0.25, 0.3) is 0 Å². The molecule has 1 fully saturated rings. The lowest BCUT2D eigenvalue weighted by Crippen LogP contribution is -2.31. The Balaban J connectivity index is 0.000000640. The van der Waals surface area contributed by atoms with Gasteiger partial charge in [-0.3, -0.25) is 9.80 Å². The number of rotatable bonds is 0. The van der Waals surface area contributed by atoms with Crippen LogP contribution < -0.4 is 5.84 Å². The molecule has 1 saturated heterocycles. The van der Waals surface area contributed by atoms with Crippen molar-refractivity contribution in [2.24, 2.45) is 11.8 Å². The molecule has 54 valence electrons. The molecular weight excluding hydrogens is 140 g/mol. The van der Waals surface area contributed by atoms with Gasteiger partial charge in [0, 0.05) is 13.0 Å². The third-order valence-electron chi connectivity index (χ3n) is 1.35. The molecule has 0 bridgehead atoms. The van der Waals surface area contributed by atoms with Crippen LogP contribution in [0.25, 0.3) is 0 Å². The monoisotopic (exact) mass is 150 g/mol. The molecule has 1 aliphatic rings. The van der Waals surface area contributed by atoms with Crippen LogP contribution in [0.15, 0.2) is 0 Å². The van der Waals surface area contributed by atoms with Crippen LogP contribution in [0.4, 0.5) is 0 Å². The number of hydrogen-bond acceptors (Lipinski definition) is 2. The molecule has 1 amide bonds. The van der Waals surface area contributed by atoms with Crippen molar-refractivity contribution < 1.29 is 4.79 Å². The van der Waals surface area contributed by atoms with Gasteiger partial charge in [-0.1, -0.05) is 6.92 Å². The molecule has 1 atom stereocenters. The number of carbonyl (C=O) groups excluding carboxylic acids is 1. The Morgan fingerprint density at radius 1 is 1.78 bits per heavy atom. The molecular formula is C5H11ClN2O. The zero-order chi connectivity index (χ0) is 6.15. The Labute approximate surface area is 60.6 Å². The number of hydrazine groups is 1. The third kappa shape index (κ3) is 1.84. The molecule has 0 aromatic carbocycles. The first-order chi connectivity index (χ1) is 3.70. The smallest absolute Gasteiger partial charge is 0.236 e. The second kappa shape index (κ2) is 3.03. The van der Waals surface area contributed by atoms with Crippen molar-refractivity contribution in [3.05, 3.63) is 0 Å². The van der Waals surface area contributed by atoms with E-state index in [1.807, 2.05) is 6.92 Å². The maximum Gasteiger partial charge on any atom is 0.236 e. The van der Waals surface area contributed by atoms with E-state index in [1.165, 1.54) is 5.01 Å². The summed E-state index contributed by atoms with van der Waals surface area (Å²) in [4.78, 5) is 10.6. The molecule has 3 nitrogen and oxygen atoms in total. The SMILES string of the molecule is CC1CC(=O)N(N)C1.Cl. The highest BCUT2D eigenvalue weighted by molar-refractivity contribution is 5.85. The van der Waals surface area contributed by atoms with E-state index in [4.69, 9.17) is 5.84 Å². The standard InChI is InChI=1S/C5H10N2O.ClH/c1-4-2-5(8)7(6)3-4;/h4H,2-3,6H2,1H3;1H. The van der Waals surface area contributed by atoms with Crippen LogP contribution in [0.3, 0.4) is 0 Å². The highest BCUT2D eigenvalue weighted by Crippen LogP contribution is 2.11. The lowest BCUT2D eigenvalue weighted by atomic mass is 10.2. The van der Waals surface area contributed by atoms with Gasteiger partial charge >= 0.3 is 0 Å². The minimum atomic E-state index is 0. The van der Waals surface area contributed by atoms with Gasteiger partial charge in [0.2, 0.25) is 5.91 Å². The first-order valence-corrected chi connectivity index (χ1v) is 2.75. The van der Waals surface area contributed by atoms with E-state index in [0.29, 0.717) is 12.3 Å². The Bertz CT molecular complexity index is 118. The van der Waals surface area contributed by atoms with Gasteiger partial charge in [0.15, 0.2) is 0 Å². The Morgan fingerprint density at radius 2 is 2.33 bits per heavy atom. The summed E-state index contributed by atoms with van der Waals surface area (Å²) >= 11 is 0. The largest absolute Gasteiger partial charge is 0.280 e. The van der Waals surface area contributed by atoms with E-state index in [2.05, 4.69) is 0 Å². The summed E-state index contributed by atoms with van der Waals surface area (Å²) in [5.41, 5.74) is 0. The average molecular weight is 151 g/mol. The van der Waals surface area contributed by atoms with Crippen LogP contribution >= 0.6 is 12.4 Å². The molecule has 1 unspecified atom stereocenters. The maximum atomic E-state index is 10.6. The van der Waals surface area contributed by atoms with Gasteiger partial charge in [-0.25, -0.2) is 5.84 Å². The minimum Gasteiger partial charge on any atom is -0.280 e. The second-order valence-electron chi connectivity index (χ2n) is 2.36. The highest BCUT2D eigenvalue weighted by atomic mass is 35.5. The molecule has 0 saturated carbocycles. The molecule has 4 heteroatoms. The number of nitrogens with two attached hydrogens (primary N) is 1. The van der Waals surface area contributed by atoms with Crippen LogP contribution in [0.5, 0.6) is 0 Å². The Hall–Kier alpha value is -0.280. The second-order valence-corrected chi connectivity index (χ2v) is 2.36. The lowest BCUT2D eigenvalue weighted by Gasteiger charge is -2.04. The molecule has 0 aliphatic carbocycles. The molecule has 1 heterocycles. The molecule has 1 aliphatic heterocycles. The van der Waals surface area contributed by atoms with Crippen molar-refractivity contribution in [1.82, 2.24) is 5.01 Å². The van der Waals surface area contributed by atoms with Crippen LogP contribution in [0, 0.1) is 5.92 Å². The van der Waals surface area contributed by atoms with E-state index in [-0.39, 0.29) is 18.3 Å². The summed E-state index contributed by atoms with van der Waals surface area (Å²) in [6.07, 6.45) is 0.622. The van der Waals surface area contributed by atoms with Crippen LogP contribution in [-0.2, 0) is 4.79 Å². The summed E-state index contributed by atoms with van der Waals surface area (Å²) in [5, 5.41) is 1.28. The summed E-state index contributed by atoms with van der Waals surface area (Å²) in [7, 11) is 0. The van der Waals surface area contributed by atoms with Gasteiger partial charge in [0.05, 0.1) is 0 Å². The van der Waals surface area contributed by atoms with E-state index < -0.39 is 0 Å². The molecule has 0 aromatic rings. The van der Waals surface area contributed by atoms with E-state index in [9.17, 15) is 4.79 Å². The topological polar surface area (TPSA) is 46.3 Å². The number of nitrogens with zero attached hydrogens (tertiary/aromatic N) is 1.